The summed E-state index contributed by atoms with van der Waals surface area (Å²) in [6.45, 7) is 3.98. The highest BCUT2D eigenvalue weighted by Crippen LogP contribution is 2.26. The minimum Gasteiger partial charge on any atom is -0.383 e. The molecular formula is C20H22FN5O. The molecule has 3 aliphatic heterocycles. The summed E-state index contributed by atoms with van der Waals surface area (Å²) >= 11 is 0. The first-order valence-corrected chi connectivity index (χ1v) is 8.93. The van der Waals surface area contributed by atoms with Crippen molar-refractivity contribution in [2.45, 2.75) is 32.1 Å². The Labute approximate surface area is 157 Å². The molecule has 0 fully saturated rings. The smallest absolute Gasteiger partial charge is 0.274 e. The topological polar surface area (TPSA) is 68.4 Å². The lowest BCUT2D eigenvalue weighted by atomic mass is 10.0. The third-order valence-electron chi connectivity index (χ3n) is 4.68. The van der Waals surface area contributed by atoms with Gasteiger partial charge in [0.15, 0.2) is 0 Å². The van der Waals surface area contributed by atoms with E-state index in [1.807, 2.05) is 38.2 Å². The molecule has 0 saturated carbocycles. The third-order valence-corrected chi connectivity index (χ3v) is 4.68. The van der Waals surface area contributed by atoms with Crippen molar-refractivity contribution >= 4 is 5.91 Å². The van der Waals surface area contributed by atoms with Crippen molar-refractivity contribution in [3.63, 3.8) is 0 Å². The summed E-state index contributed by atoms with van der Waals surface area (Å²) in [6.07, 6.45) is 9.14. The standard InChI is InChI=1S/C20H22FN5O/c1-12-9-14(10-13(2)23-12)24-20(27)18-11-22-19-8-7-17(25-26(18)19)15-5-3-4-6-16(15)21/h3-12,17,19,22-23,25H,1-2H3,(H,24,27). The zero-order chi connectivity index (χ0) is 19.0. The van der Waals surface area contributed by atoms with E-state index >= 15 is 0 Å². The zero-order valence-electron chi connectivity index (χ0n) is 15.2. The van der Waals surface area contributed by atoms with Crippen LogP contribution in [0, 0.1) is 5.82 Å². The van der Waals surface area contributed by atoms with Gasteiger partial charge in [0.2, 0.25) is 0 Å². The molecule has 6 nitrogen and oxygen atoms in total. The maximum atomic E-state index is 14.1. The Bertz CT molecular complexity index is 888. The van der Waals surface area contributed by atoms with E-state index in [1.165, 1.54) is 6.07 Å². The van der Waals surface area contributed by atoms with Gasteiger partial charge in [0.05, 0.1) is 6.04 Å². The quantitative estimate of drug-likeness (QED) is 0.615. The molecule has 27 heavy (non-hydrogen) atoms. The van der Waals surface area contributed by atoms with Crippen molar-refractivity contribution in [1.82, 2.24) is 26.4 Å². The first-order valence-electron chi connectivity index (χ1n) is 8.93. The monoisotopic (exact) mass is 367 g/mol. The lowest BCUT2D eigenvalue weighted by Gasteiger charge is -2.34. The molecule has 0 bridgehead atoms. The molecule has 140 valence electrons. The zero-order valence-corrected chi connectivity index (χ0v) is 15.2. The van der Waals surface area contributed by atoms with Crippen molar-refractivity contribution in [3.05, 3.63) is 83.2 Å². The minimum absolute atomic E-state index is 0.148. The van der Waals surface area contributed by atoms with Gasteiger partial charge in [-0.2, -0.15) is 0 Å². The molecule has 0 spiro atoms. The lowest BCUT2D eigenvalue weighted by molar-refractivity contribution is -0.118. The molecule has 1 amide bonds. The first kappa shape index (κ1) is 17.4. The van der Waals surface area contributed by atoms with Crippen molar-refractivity contribution in [3.8, 4) is 0 Å². The fourth-order valence-corrected chi connectivity index (χ4v) is 3.50. The third kappa shape index (κ3) is 3.46. The fraction of sp³-hybridized carbons (Fsp3) is 0.250. The maximum Gasteiger partial charge on any atom is 0.274 e. The number of rotatable bonds is 3. The van der Waals surface area contributed by atoms with Gasteiger partial charge in [-0.1, -0.05) is 24.3 Å². The van der Waals surface area contributed by atoms with Crippen LogP contribution in [-0.2, 0) is 4.79 Å². The Morgan fingerprint density at radius 1 is 1.26 bits per heavy atom. The summed E-state index contributed by atoms with van der Waals surface area (Å²) in [6, 6.07) is 6.43. The van der Waals surface area contributed by atoms with E-state index in [-0.39, 0.29) is 30.0 Å². The van der Waals surface area contributed by atoms with E-state index in [0.29, 0.717) is 11.3 Å². The fourth-order valence-electron chi connectivity index (χ4n) is 3.50. The van der Waals surface area contributed by atoms with Gasteiger partial charge in [-0.3, -0.25) is 9.80 Å². The van der Waals surface area contributed by atoms with Gasteiger partial charge in [0.25, 0.3) is 5.91 Å². The number of hydrogen-bond donors (Lipinski definition) is 4. The number of benzene rings is 1. The number of carbonyl (C=O) groups is 1. The number of nitrogens with one attached hydrogen (secondary N) is 4. The van der Waals surface area contributed by atoms with Gasteiger partial charge in [-0.15, -0.1) is 0 Å². The van der Waals surface area contributed by atoms with Crippen LogP contribution in [0.3, 0.4) is 0 Å². The second-order valence-electron chi connectivity index (χ2n) is 6.86. The largest absolute Gasteiger partial charge is 0.383 e. The summed E-state index contributed by atoms with van der Waals surface area (Å²) in [5.41, 5.74) is 5.96. The Kier molecular flexibility index (Phi) is 4.45. The van der Waals surface area contributed by atoms with Gasteiger partial charge in [0.1, 0.15) is 17.7 Å². The van der Waals surface area contributed by atoms with E-state index in [1.54, 1.807) is 29.4 Å². The number of nitrogens with zero attached hydrogens (tertiary/aromatic N) is 1. The molecule has 0 aliphatic carbocycles. The minimum atomic E-state index is -0.348. The van der Waals surface area contributed by atoms with E-state index < -0.39 is 0 Å². The maximum absolute atomic E-state index is 14.1. The Balaban J connectivity index is 1.50. The Morgan fingerprint density at radius 3 is 2.85 bits per heavy atom. The molecule has 3 aliphatic rings. The van der Waals surface area contributed by atoms with Crippen LogP contribution in [0.5, 0.6) is 0 Å². The number of hydrogen-bond acceptors (Lipinski definition) is 5. The predicted molar refractivity (Wildman–Crippen MR) is 101 cm³/mol. The van der Waals surface area contributed by atoms with Crippen LogP contribution in [0.1, 0.15) is 25.5 Å². The number of carbonyl (C=O) groups excluding carboxylic acids is 1. The summed E-state index contributed by atoms with van der Waals surface area (Å²) < 4.78 is 14.1. The van der Waals surface area contributed by atoms with Gasteiger partial charge >= 0.3 is 0 Å². The van der Waals surface area contributed by atoms with Gasteiger partial charge in [-0.25, -0.2) is 9.82 Å². The number of hydrazine groups is 1. The molecule has 0 saturated heterocycles. The van der Waals surface area contributed by atoms with Crippen molar-refractivity contribution in [2.24, 2.45) is 0 Å². The second-order valence-corrected chi connectivity index (χ2v) is 6.86. The first-order chi connectivity index (χ1) is 13.0. The number of halogens is 1. The highest BCUT2D eigenvalue weighted by Gasteiger charge is 2.33. The average Bonchev–Trinajstić information content (AvgIpc) is 3.04. The molecule has 3 unspecified atom stereocenters. The molecule has 0 radical (unpaired) electrons. The molecule has 1 aromatic rings. The summed E-state index contributed by atoms with van der Waals surface area (Å²) in [4.78, 5) is 12.8. The highest BCUT2D eigenvalue weighted by molar-refractivity contribution is 5.94. The molecule has 1 aromatic carbocycles. The molecule has 0 aromatic heterocycles. The van der Waals surface area contributed by atoms with Gasteiger partial charge in [0, 0.05) is 29.2 Å². The number of dihydropyridines is 1. The second kappa shape index (κ2) is 6.92. The summed E-state index contributed by atoms with van der Waals surface area (Å²) in [5.74, 6) is -0.515. The van der Waals surface area contributed by atoms with Crippen LogP contribution in [-0.4, -0.2) is 23.1 Å². The molecule has 3 heterocycles. The van der Waals surface area contributed by atoms with Crippen LogP contribution in [0.4, 0.5) is 4.39 Å². The van der Waals surface area contributed by atoms with Crippen LogP contribution in [0.2, 0.25) is 0 Å². The lowest BCUT2D eigenvalue weighted by Crippen LogP contribution is -2.51. The van der Waals surface area contributed by atoms with Crippen LogP contribution in [0.15, 0.2) is 71.9 Å². The number of fused-ring (bicyclic) bond motifs is 1. The van der Waals surface area contributed by atoms with E-state index in [0.717, 1.165) is 11.4 Å². The Morgan fingerprint density at radius 2 is 2.07 bits per heavy atom. The van der Waals surface area contributed by atoms with Crippen molar-refractivity contribution < 1.29 is 9.18 Å². The van der Waals surface area contributed by atoms with Gasteiger partial charge in [-0.05, 0) is 38.1 Å². The predicted octanol–water partition coefficient (Wildman–Crippen LogP) is 1.91. The molecule has 4 rings (SSSR count). The average molecular weight is 367 g/mol. The molecule has 4 N–H and O–H groups in total. The number of allylic oxidation sites excluding steroid dienone is 2. The highest BCUT2D eigenvalue weighted by atomic mass is 19.1. The van der Waals surface area contributed by atoms with Crippen LogP contribution >= 0.6 is 0 Å². The normalized spacial score (nSPS) is 26.3. The van der Waals surface area contributed by atoms with E-state index in [4.69, 9.17) is 0 Å². The van der Waals surface area contributed by atoms with Crippen LogP contribution < -0.4 is 21.4 Å². The van der Waals surface area contributed by atoms with Crippen molar-refractivity contribution in [1.29, 1.82) is 0 Å². The molecular weight excluding hydrogens is 345 g/mol. The summed E-state index contributed by atoms with van der Waals surface area (Å²) in [7, 11) is 0. The van der Waals surface area contributed by atoms with Crippen LogP contribution in [0.25, 0.3) is 0 Å². The van der Waals surface area contributed by atoms with Gasteiger partial charge < -0.3 is 16.0 Å². The SMILES string of the molecule is CC1=CC(NC(=O)C2=CNC3C=CC(c4ccccc4F)NN23)=CC(C)N1. The summed E-state index contributed by atoms with van der Waals surface area (Å²) in [5, 5.41) is 11.1. The number of amides is 1. The van der Waals surface area contributed by atoms with E-state index in [9.17, 15) is 9.18 Å². The van der Waals surface area contributed by atoms with Crippen molar-refractivity contribution in [2.75, 3.05) is 0 Å². The molecule has 3 atom stereocenters. The molecule has 7 heteroatoms. The Hall–Kier alpha value is -3.06. The van der Waals surface area contributed by atoms with E-state index in [2.05, 4.69) is 21.4 Å².